The fourth-order valence-electron chi connectivity index (χ4n) is 1.46. The van der Waals surface area contributed by atoms with Crippen molar-refractivity contribution in [1.29, 1.82) is 0 Å². The fraction of sp³-hybridized carbons (Fsp3) is 0.800. The zero-order valence-corrected chi connectivity index (χ0v) is 9.86. The molecule has 0 aromatic rings. The van der Waals surface area contributed by atoms with Gasteiger partial charge >= 0.3 is 76.5 Å². The van der Waals surface area contributed by atoms with Crippen LogP contribution in [0.3, 0.4) is 0 Å². The second-order valence-corrected chi connectivity index (χ2v) is 9.96. The van der Waals surface area contributed by atoms with Gasteiger partial charge in [-0.3, -0.25) is 0 Å². The Morgan fingerprint density at radius 2 is 1.82 bits per heavy atom. The predicted octanol–water partition coefficient (Wildman–Crippen LogP) is 4.01. The summed E-state index contributed by atoms with van der Waals surface area (Å²) >= 11 is -0.498. The van der Waals surface area contributed by atoms with Gasteiger partial charge in [0.25, 0.3) is 0 Å². The molecular weight excluding hydrogens is 315 g/mol. The van der Waals surface area contributed by atoms with Crippen molar-refractivity contribution in [3.63, 3.8) is 0 Å². The van der Waals surface area contributed by atoms with Crippen LogP contribution in [0.15, 0.2) is 12.2 Å². The van der Waals surface area contributed by atoms with Gasteiger partial charge in [-0.05, 0) is 0 Å². The molecule has 0 fully saturated rings. The third-order valence-corrected chi connectivity index (χ3v) is 7.20. The molecule has 1 aliphatic rings. The van der Waals surface area contributed by atoms with Crippen LogP contribution in [0.25, 0.3) is 0 Å². The average Bonchev–Trinajstić information content (AvgIpc) is 1.84. The summed E-state index contributed by atoms with van der Waals surface area (Å²) in [6.45, 7) is 0. The second kappa shape index (κ2) is 5.14. The van der Waals surface area contributed by atoms with Crippen molar-refractivity contribution in [3.8, 4) is 0 Å². The molecule has 11 heavy (non-hydrogen) atoms. The van der Waals surface area contributed by atoms with Gasteiger partial charge in [0, 0.05) is 0 Å². The number of hydrogen-bond donors (Lipinski definition) is 0. The van der Waals surface area contributed by atoms with Crippen LogP contribution in [-0.2, 0) is 17.3 Å². The topological polar surface area (TPSA) is 0 Å². The van der Waals surface area contributed by atoms with Gasteiger partial charge in [0.1, 0.15) is 0 Å². The van der Waals surface area contributed by atoms with E-state index in [0.29, 0.717) is 0 Å². The fourth-order valence-corrected chi connectivity index (χ4v) is 4.92. The summed E-state index contributed by atoms with van der Waals surface area (Å²) in [5.74, 6) is 0. The third kappa shape index (κ3) is 3.56. The van der Waals surface area contributed by atoms with Gasteiger partial charge < -0.3 is 0 Å². The van der Waals surface area contributed by atoms with E-state index in [1.807, 2.05) is 0 Å². The molecule has 1 heteroatoms. The van der Waals surface area contributed by atoms with Crippen molar-refractivity contribution in [2.24, 2.45) is 0 Å². The van der Waals surface area contributed by atoms with E-state index in [9.17, 15) is 0 Å². The molecule has 0 aromatic heterocycles. The van der Waals surface area contributed by atoms with Gasteiger partial charge in [0.2, 0.25) is 0 Å². The van der Waals surface area contributed by atoms with E-state index in [-0.39, 0.29) is 0 Å². The Balaban J connectivity index is 2.35. The van der Waals surface area contributed by atoms with Crippen LogP contribution in [0.4, 0.5) is 0 Å². The van der Waals surface area contributed by atoms with Crippen molar-refractivity contribution < 1.29 is 17.3 Å². The number of hydrogen-bond acceptors (Lipinski definition) is 0. The van der Waals surface area contributed by atoms with Crippen LogP contribution in [-0.4, -0.2) is 0 Å². The summed E-state index contributed by atoms with van der Waals surface area (Å²) in [6, 6.07) is 0. The minimum absolute atomic E-state index is 0.498. The average molecular weight is 334 g/mol. The SMILES string of the molecule is [CH3][Pt]([CH3])[CH]1CCC=CCCC1. The van der Waals surface area contributed by atoms with Gasteiger partial charge in [0.15, 0.2) is 0 Å². The second-order valence-electron chi connectivity index (χ2n) is 3.21. The maximum atomic E-state index is 2.51. The summed E-state index contributed by atoms with van der Waals surface area (Å²) in [4.78, 5) is 0. The summed E-state index contributed by atoms with van der Waals surface area (Å²) in [6.07, 6.45) is 11.9. The molecule has 0 aromatic carbocycles. The minimum atomic E-state index is -0.498. The summed E-state index contributed by atoms with van der Waals surface area (Å²) < 4.78 is 1.14. The Morgan fingerprint density at radius 1 is 1.09 bits per heavy atom. The zero-order chi connectivity index (χ0) is 8.10. The van der Waals surface area contributed by atoms with Crippen molar-refractivity contribution in [2.45, 2.75) is 47.0 Å². The normalized spacial score (nSPS) is 27.5. The van der Waals surface area contributed by atoms with Crippen molar-refractivity contribution in [2.75, 3.05) is 0 Å². The Morgan fingerprint density at radius 3 is 2.55 bits per heavy atom. The molecule has 1 unspecified atom stereocenters. The molecule has 1 atom stereocenters. The maximum absolute atomic E-state index is 2.51. The monoisotopic (exact) mass is 334 g/mol. The van der Waals surface area contributed by atoms with Crippen molar-refractivity contribution in [1.82, 2.24) is 0 Å². The molecule has 1 aliphatic carbocycles. The number of allylic oxidation sites excluding steroid dienone is 2. The molecule has 0 N–H and O–H groups in total. The molecule has 0 amide bonds. The molecule has 0 nitrogen and oxygen atoms in total. The zero-order valence-electron chi connectivity index (χ0n) is 7.58. The van der Waals surface area contributed by atoms with E-state index >= 15 is 0 Å². The van der Waals surface area contributed by atoms with Gasteiger partial charge in [0.05, 0.1) is 0 Å². The standard InChI is InChI=1S/C8H13.2CH3.Pt/c1-2-4-6-8-7-5-3-1;;;/h1-2,7H,3-6,8H2;2*1H3;. The van der Waals surface area contributed by atoms with E-state index in [1.165, 1.54) is 32.1 Å². The summed E-state index contributed by atoms with van der Waals surface area (Å²) in [5.41, 5.74) is 0. The van der Waals surface area contributed by atoms with E-state index in [0.717, 1.165) is 4.31 Å². The first kappa shape index (κ1) is 9.52. The summed E-state index contributed by atoms with van der Waals surface area (Å²) in [5, 5.41) is 5.03. The molecule has 0 saturated carbocycles. The first-order valence-corrected chi connectivity index (χ1v) is 10.1. The molecule has 0 aliphatic heterocycles. The Kier molecular flexibility index (Phi) is 4.45. The molecule has 0 saturated heterocycles. The van der Waals surface area contributed by atoms with E-state index in [2.05, 4.69) is 22.8 Å². The van der Waals surface area contributed by atoms with Crippen LogP contribution in [0.5, 0.6) is 0 Å². The quantitative estimate of drug-likeness (QED) is 0.636. The molecule has 0 spiro atoms. The third-order valence-electron chi connectivity index (χ3n) is 2.18. The first-order chi connectivity index (χ1) is 5.30. The number of rotatable bonds is 1. The molecule has 0 heterocycles. The Hall–Kier alpha value is 0.428. The van der Waals surface area contributed by atoms with Crippen LogP contribution in [0, 0.1) is 0 Å². The Bertz CT molecular complexity index is 127. The molecular formula is C10H19Pt. The van der Waals surface area contributed by atoms with Gasteiger partial charge in [-0.15, -0.1) is 0 Å². The van der Waals surface area contributed by atoms with Crippen LogP contribution < -0.4 is 0 Å². The molecule has 1 rings (SSSR count). The van der Waals surface area contributed by atoms with Crippen LogP contribution >= 0.6 is 0 Å². The van der Waals surface area contributed by atoms with Crippen molar-refractivity contribution >= 4 is 0 Å². The van der Waals surface area contributed by atoms with E-state index < -0.39 is 17.3 Å². The van der Waals surface area contributed by atoms with Gasteiger partial charge in [-0.25, -0.2) is 0 Å². The predicted molar refractivity (Wildman–Crippen MR) is 47.7 cm³/mol. The molecule has 0 bridgehead atoms. The van der Waals surface area contributed by atoms with Crippen LogP contribution in [0.2, 0.25) is 14.9 Å². The molecule has 69 valence electrons. The van der Waals surface area contributed by atoms with E-state index in [4.69, 9.17) is 0 Å². The van der Waals surface area contributed by atoms with Crippen LogP contribution in [0.1, 0.15) is 32.1 Å². The first-order valence-electron chi connectivity index (χ1n) is 4.28. The Labute approximate surface area is 76.6 Å². The van der Waals surface area contributed by atoms with Crippen molar-refractivity contribution in [3.05, 3.63) is 12.2 Å². The molecule has 0 radical (unpaired) electrons. The van der Waals surface area contributed by atoms with Gasteiger partial charge in [-0.2, -0.15) is 0 Å². The van der Waals surface area contributed by atoms with E-state index in [1.54, 1.807) is 0 Å². The summed E-state index contributed by atoms with van der Waals surface area (Å²) in [7, 11) is 0. The van der Waals surface area contributed by atoms with Gasteiger partial charge in [-0.1, -0.05) is 0 Å².